The summed E-state index contributed by atoms with van der Waals surface area (Å²) < 4.78 is 0.659. The Morgan fingerprint density at radius 1 is 1.53 bits per heavy atom. The second kappa shape index (κ2) is 6.07. The number of amides is 1. The maximum absolute atomic E-state index is 11.7. The minimum atomic E-state index is 0.00956. The number of rotatable bonds is 3. The molecule has 1 fully saturated rings. The molecule has 1 atom stereocenters. The van der Waals surface area contributed by atoms with Crippen LogP contribution in [0.2, 0.25) is 0 Å². The van der Waals surface area contributed by atoms with Crippen molar-refractivity contribution in [3.05, 3.63) is 17.0 Å². The second-order valence-electron chi connectivity index (χ2n) is 4.19. The molecule has 6 heteroatoms. The molecule has 17 heavy (non-hydrogen) atoms. The molecule has 0 radical (unpaired) electrons. The first-order valence-corrected chi connectivity index (χ1v) is 6.51. The number of nitrogens with one attached hydrogen (secondary N) is 2. The molecule has 1 saturated heterocycles. The molecule has 0 bridgehead atoms. The average Bonchev–Trinajstić information content (AvgIpc) is 2.33. The van der Waals surface area contributed by atoms with Crippen molar-refractivity contribution >= 4 is 27.7 Å². The van der Waals surface area contributed by atoms with Crippen LogP contribution in [-0.2, 0) is 4.79 Å². The number of hydrogen-bond donors (Lipinski definition) is 2. The lowest BCUT2D eigenvalue weighted by Gasteiger charge is -2.21. The van der Waals surface area contributed by atoms with Crippen molar-refractivity contribution in [3.63, 3.8) is 0 Å². The standard InChI is InChI=1S/C11H15BrN4O/c12-9-6-15-10(7-14-9)16-11(17)4-8-2-1-3-13-5-8/h6-8,13H,1-5H2,(H,15,16,17). The van der Waals surface area contributed by atoms with Crippen molar-refractivity contribution < 1.29 is 4.79 Å². The van der Waals surface area contributed by atoms with Crippen molar-refractivity contribution in [1.82, 2.24) is 15.3 Å². The Bertz CT molecular complexity index is 376. The van der Waals surface area contributed by atoms with Crippen LogP contribution in [0.5, 0.6) is 0 Å². The third-order valence-corrected chi connectivity index (χ3v) is 3.17. The molecule has 2 heterocycles. The first-order valence-electron chi connectivity index (χ1n) is 5.72. The molecule has 1 aliphatic rings. The van der Waals surface area contributed by atoms with Gasteiger partial charge in [0.1, 0.15) is 4.60 Å². The highest BCUT2D eigenvalue weighted by Crippen LogP contribution is 2.15. The molecule has 0 aromatic carbocycles. The first-order chi connectivity index (χ1) is 8.24. The maximum atomic E-state index is 11.7. The summed E-state index contributed by atoms with van der Waals surface area (Å²) in [5, 5.41) is 6.05. The van der Waals surface area contributed by atoms with Crippen molar-refractivity contribution in [2.75, 3.05) is 18.4 Å². The Labute approximate surface area is 109 Å². The van der Waals surface area contributed by atoms with Crippen molar-refractivity contribution in [2.24, 2.45) is 5.92 Å². The third kappa shape index (κ3) is 4.05. The third-order valence-electron chi connectivity index (χ3n) is 2.76. The van der Waals surface area contributed by atoms with E-state index in [0.29, 0.717) is 22.8 Å². The molecule has 2 rings (SSSR count). The molecular formula is C11H15BrN4O. The lowest BCUT2D eigenvalue weighted by atomic mass is 9.96. The van der Waals surface area contributed by atoms with Gasteiger partial charge in [0.05, 0.1) is 12.4 Å². The highest BCUT2D eigenvalue weighted by Gasteiger charge is 2.16. The molecule has 0 aliphatic carbocycles. The zero-order valence-electron chi connectivity index (χ0n) is 9.45. The molecule has 1 aromatic rings. The van der Waals surface area contributed by atoms with Gasteiger partial charge in [-0.2, -0.15) is 0 Å². The van der Waals surface area contributed by atoms with E-state index in [4.69, 9.17) is 0 Å². The molecule has 1 aromatic heterocycles. The number of carbonyl (C=O) groups excluding carboxylic acids is 1. The van der Waals surface area contributed by atoms with Crippen molar-refractivity contribution in [3.8, 4) is 0 Å². The summed E-state index contributed by atoms with van der Waals surface area (Å²) in [6.45, 7) is 2.00. The highest BCUT2D eigenvalue weighted by atomic mass is 79.9. The van der Waals surface area contributed by atoms with Crippen LogP contribution in [0.1, 0.15) is 19.3 Å². The number of carbonyl (C=O) groups is 1. The van der Waals surface area contributed by atoms with Crippen LogP contribution in [0.15, 0.2) is 17.0 Å². The molecule has 1 unspecified atom stereocenters. The van der Waals surface area contributed by atoms with Gasteiger partial charge in [0.15, 0.2) is 5.82 Å². The van der Waals surface area contributed by atoms with E-state index in [1.807, 2.05) is 0 Å². The number of aromatic nitrogens is 2. The van der Waals surface area contributed by atoms with Gasteiger partial charge in [-0.15, -0.1) is 0 Å². The molecule has 1 aliphatic heterocycles. The molecular weight excluding hydrogens is 284 g/mol. The van der Waals surface area contributed by atoms with E-state index in [-0.39, 0.29) is 5.91 Å². The second-order valence-corrected chi connectivity index (χ2v) is 5.00. The predicted molar refractivity (Wildman–Crippen MR) is 68.6 cm³/mol. The summed E-state index contributed by atoms with van der Waals surface area (Å²) in [5.74, 6) is 0.949. The Hall–Kier alpha value is -1.01. The van der Waals surface area contributed by atoms with Gasteiger partial charge in [0.2, 0.25) is 5.91 Å². The summed E-state index contributed by atoms with van der Waals surface area (Å²) in [5.41, 5.74) is 0. The minimum absolute atomic E-state index is 0.00956. The van der Waals surface area contributed by atoms with E-state index < -0.39 is 0 Å². The van der Waals surface area contributed by atoms with Gasteiger partial charge in [0.25, 0.3) is 0 Å². The van der Waals surface area contributed by atoms with Crippen LogP contribution in [0.3, 0.4) is 0 Å². The fraction of sp³-hybridized carbons (Fsp3) is 0.545. The van der Waals surface area contributed by atoms with Crippen LogP contribution >= 0.6 is 15.9 Å². The van der Waals surface area contributed by atoms with Crippen LogP contribution < -0.4 is 10.6 Å². The Morgan fingerprint density at radius 2 is 2.41 bits per heavy atom. The SMILES string of the molecule is O=C(CC1CCCNC1)Nc1cnc(Br)cn1. The largest absolute Gasteiger partial charge is 0.316 e. The number of anilines is 1. The van der Waals surface area contributed by atoms with Crippen molar-refractivity contribution in [1.29, 1.82) is 0 Å². The van der Waals surface area contributed by atoms with Gasteiger partial charge in [-0.3, -0.25) is 4.79 Å². The van der Waals surface area contributed by atoms with Crippen LogP contribution in [0, 0.1) is 5.92 Å². The monoisotopic (exact) mass is 298 g/mol. The molecule has 1 amide bonds. The van der Waals surface area contributed by atoms with E-state index >= 15 is 0 Å². The topological polar surface area (TPSA) is 66.9 Å². The van der Waals surface area contributed by atoms with Gasteiger partial charge in [-0.25, -0.2) is 9.97 Å². The molecule has 92 valence electrons. The fourth-order valence-electron chi connectivity index (χ4n) is 1.93. The highest BCUT2D eigenvalue weighted by molar-refractivity contribution is 9.10. The van der Waals surface area contributed by atoms with Gasteiger partial charge >= 0.3 is 0 Å². The predicted octanol–water partition coefficient (Wildman–Crippen LogP) is 1.57. The van der Waals surface area contributed by atoms with Gasteiger partial charge in [-0.1, -0.05) is 0 Å². The lowest BCUT2D eigenvalue weighted by Crippen LogP contribution is -2.32. The summed E-state index contributed by atoms with van der Waals surface area (Å²) in [6, 6.07) is 0. The molecule has 0 saturated carbocycles. The maximum Gasteiger partial charge on any atom is 0.225 e. The number of nitrogens with zero attached hydrogens (tertiary/aromatic N) is 2. The van der Waals surface area contributed by atoms with E-state index in [1.54, 1.807) is 12.4 Å². The van der Waals surface area contributed by atoms with Crippen LogP contribution in [-0.4, -0.2) is 29.0 Å². The number of piperidine rings is 1. The first kappa shape index (κ1) is 12.4. The zero-order chi connectivity index (χ0) is 12.1. The number of halogens is 1. The van der Waals surface area contributed by atoms with Crippen molar-refractivity contribution in [2.45, 2.75) is 19.3 Å². The summed E-state index contributed by atoms with van der Waals surface area (Å²) in [7, 11) is 0. The smallest absolute Gasteiger partial charge is 0.225 e. The van der Waals surface area contributed by atoms with E-state index in [1.165, 1.54) is 0 Å². The zero-order valence-corrected chi connectivity index (χ0v) is 11.0. The van der Waals surface area contributed by atoms with Gasteiger partial charge < -0.3 is 10.6 Å². The molecule has 0 spiro atoms. The molecule has 2 N–H and O–H groups in total. The van der Waals surface area contributed by atoms with E-state index in [0.717, 1.165) is 25.9 Å². The van der Waals surface area contributed by atoms with E-state index in [9.17, 15) is 4.79 Å². The summed E-state index contributed by atoms with van der Waals surface area (Å²) in [6.07, 6.45) is 5.92. The fourth-order valence-corrected chi connectivity index (χ4v) is 2.14. The molecule has 5 nitrogen and oxygen atoms in total. The normalized spacial score (nSPS) is 19.9. The Balaban J connectivity index is 1.82. The van der Waals surface area contributed by atoms with Gasteiger partial charge in [-0.05, 0) is 47.8 Å². The van der Waals surface area contributed by atoms with Gasteiger partial charge in [0, 0.05) is 6.42 Å². The quantitative estimate of drug-likeness (QED) is 0.889. The van der Waals surface area contributed by atoms with E-state index in [2.05, 4.69) is 36.5 Å². The number of hydrogen-bond acceptors (Lipinski definition) is 4. The Kier molecular flexibility index (Phi) is 4.44. The lowest BCUT2D eigenvalue weighted by molar-refractivity contribution is -0.117. The Morgan fingerprint density at radius 3 is 3.06 bits per heavy atom. The summed E-state index contributed by atoms with van der Waals surface area (Å²) in [4.78, 5) is 19.8. The van der Waals surface area contributed by atoms with Crippen LogP contribution in [0.25, 0.3) is 0 Å². The minimum Gasteiger partial charge on any atom is -0.316 e. The average molecular weight is 299 g/mol. The van der Waals surface area contributed by atoms with Crippen LogP contribution in [0.4, 0.5) is 5.82 Å². The summed E-state index contributed by atoms with van der Waals surface area (Å²) >= 11 is 3.20.